The van der Waals surface area contributed by atoms with E-state index in [0.717, 1.165) is 5.75 Å². The molecule has 0 aliphatic rings. The van der Waals surface area contributed by atoms with Gasteiger partial charge in [0.1, 0.15) is 5.75 Å². The van der Waals surface area contributed by atoms with Gasteiger partial charge in [0.05, 0.1) is 7.11 Å². The van der Waals surface area contributed by atoms with E-state index in [-0.39, 0.29) is 0 Å². The minimum Gasteiger partial charge on any atom is -0.497 e. The fraction of sp³-hybridized carbons (Fsp3) is 0.333. The van der Waals surface area contributed by atoms with E-state index in [0.29, 0.717) is 12.1 Å². The highest BCUT2D eigenvalue weighted by molar-refractivity contribution is 7.10. The van der Waals surface area contributed by atoms with Crippen molar-refractivity contribution in [1.82, 2.24) is 5.32 Å². The van der Waals surface area contributed by atoms with Crippen LogP contribution in [0.15, 0.2) is 41.8 Å². The van der Waals surface area contributed by atoms with Gasteiger partial charge in [-0.2, -0.15) is 0 Å². The Hall–Kier alpha value is -1.32. The number of methoxy groups -OCH3 is 1. The minimum atomic E-state index is 0.303. The highest BCUT2D eigenvalue weighted by Gasteiger charge is 2.12. The van der Waals surface area contributed by atoms with Crippen LogP contribution in [-0.4, -0.2) is 7.11 Å². The lowest BCUT2D eigenvalue weighted by Crippen LogP contribution is -2.21. The minimum absolute atomic E-state index is 0.303. The Morgan fingerprint density at radius 2 is 1.94 bits per heavy atom. The van der Waals surface area contributed by atoms with E-state index in [4.69, 9.17) is 4.74 Å². The van der Waals surface area contributed by atoms with Crippen molar-refractivity contribution < 1.29 is 4.74 Å². The van der Waals surface area contributed by atoms with Gasteiger partial charge < -0.3 is 10.1 Å². The fourth-order valence-corrected chi connectivity index (χ4v) is 2.75. The average Bonchev–Trinajstić information content (AvgIpc) is 2.92. The number of ether oxygens (including phenoxy) is 1. The van der Waals surface area contributed by atoms with Crippen LogP contribution in [0.5, 0.6) is 5.75 Å². The summed E-state index contributed by atoms with van der Waals surface area (Å²) in [4.78, 5) is 1.37. The predicted octanol–water partition coefficient (Wildman–Crippen LogP) is 4.17. The summed E-state index contributed by atoms with van der Waals surface area (Å²) < 4.78 is 5.26. The molecule has 1 heterocycles. The zero-order chi connectivity index (χ0) is 13.0. The lowest BCUT2D eigenvalue weighted by Gasteiger charge is -2.20. The maximum atomic E-state index is 5.26. The van der Waals surface area contributed by atoms with Crippen LogP contribution in [0.1, 0.15) is 36.4 Å². The molecule has 2 aromatic rings. The molecule has 0 amide bonds. The van der Waals surface area contributed by atoms with Gasteiger partial charge in [0.2, 0.25) is 0 Å². The van der Waals surface area contributed by atoms with Crippen LogP contribution in [0.4, 0.5) is 0 Å². The van der Waals surface area contributed by atoms with Crippen molar-refractivity contribution in [3.8, 4) is 5.75 Å². The molecule has 0 aliphatic carbocycles. The molecule has 2 nitrogen and oxygen atoms in total. The van der Waals surface area contributed by atoms with Crippen LogP contribution >= 0.6 is 11.3 Å². The Bertz CT molecular complexity index is 481. The van der Waals surface area contributed by atoms with E-state index in [1.807, 2.05) is 12.1 Å². The van der Waals surface area contributed by atoms with Crippen LogP contribution in [0, 0.1) is 0 Å². The summed E-state index contributed by atoms with van der Waals surface area (Å²) in [5, 5.41) is 5.72. The summed E-state index contributed by atoms with van der Waals surface area (Å²) in [6.07, 6.45) is 0. The SMILES string of the molecule is COc1cccc(C(C)NC(C)c2cccs2)c1. The Balaban J connectivity index is 2.04. The molecule has 0 spiro atoms. The highest BCUT2D eigenvalue weighted by Crippen LogP contribution is 2.24. The largest absolute Gasteiger partial charge is 0.497 e. The van der Waals surface area contributed by atoms with Crippen molar-refractivity contribution in [2.45, 2.75) is 25.9 Å². The molecule has 1 aromatic heterocycles. The molecule has 96 valence electrons. The molecule has 1 N–H and O–H groups in total. The Morgan fingerprint density at radius 1 is 1.11 bits per heavy atom. The Kier molecular flexibility index (Phi) is 4.39. The van der Waals surface area contributed by atoms with Gasteiger partial charge in [-0.25, -0.2) is 0 Å². The zero-order valence-corrected chi connectivity index (χ0v) is 11.8. The molecule has 0 aliphatic heterocycles. The molecule has 0 bridgehead atoms. The summed E-state index contributed by atoms with van der Waals surface area (Å²) in [5.41, 5.74) is 1.25. The van der Waals surface area contributed by atoms with Crippen LogP contribution in [-0.2, 0) is 0 Å². The van der Waals surface area contributed by atoms with Gasteiger partial charge in [0.15, 0.2) is 0 Å². The van der Waals surface area contributed by atoms with Gasteiger partial charge in [-0.3, -0.25) is 0 Å². The average molecular weight is 261 g/mol. The molecule has 1 aromatic carbocycles. The Morgan fingerprint density at radius 3 is 2.61 bits per heavy atom. The first-order valence-corrected chi connectivity index (χ1v) is 7.02. The van der Waals surface area contributed by atoms with E-state index in [9.17, 15) is 0 Å². The summed E-state index contributed by atoms with van der Waals surface area (Å²) in [5.74, 6) is 0.907. The number of hydrogen-bond donors (Lipinski definition) is 1. The lowest BCUT2D eigenvalue weighted by molar-refractivity contribution is 0.412. The van der Waals surface area contributed by atoms with Crippen LogP contribution in [0.3, 0.4) is 0 Å². The first-order valence-electron chi connectivity index (χ1n) is 6.14. The maximum Gasteiger partial charge on any atom is 0.119 e. The number of benzene rings is 1. The van der Waals surface area contributed by atoms with E-state index in [1.165, 1.54) is 10.4 Å². The molecule has 3 heteroatoms. The highest BCUT2D eigenvalue weighted by atomic mass is 32.1. The third-order valence-corrected chi connectivity index (χ3v) is 4.12. The van der Waals surface area contributed by atoms with Gasteiger partial charge >= 0.3 is 0 Å². The van der Waals surface area contributed by atoms with Crippen molar-refractivity contribution in [3.05, 3.63) is 52.2 Å². The number of rotatable bonds is 5. The summed E-state index contributed by atoms with van der Waals surface area (Å²) in [6.45, 7) is 4.38. The lowest BCUT2D eigenvalue weighted by atomic mass is 10.1. The molecule has 2 atom stereocenters. The molecule has 2 rings (SSSR count). The second-order valence-electron chi connectivity index (χ2n) is 4.40. The van der Waals surface area contributed by atoms with E-state index < -0.39 is 0 Å². The van der Waals surface area contributed by atoms with Gasteiger partial charge in [-0.05, 0) is 43.0 Å². The molecular formula is C15H19NOS. The number of thiophene rings is 1. The van der Waals surface area contributed by atoms with E-state index >= 15 is 0 Å². The molecule has 0 fully saturated rings. The molecule has 2 unspecified atom stereocenters. The first kappa shape index (κ1) is 13.1. The van der Waals surface area contributed by atoms with Crippen molar-refractivity contribution in [3.63, 3.8) is 0 Å². The Labute approximate surface area is 113 Å². The molecule has 0 saturated heterocycles. The summed E-state index contributed by atoms with van der Waals surface area (Å²) >= 11 is 1.79. The topological polar surface area (TPSA) is 21.3 Å². The predicted molar refractivity (Wildman–Crippen MR) is 77.3 cm³/mol. The monoisotopic (exact) mass is 261 g/mol. The van der Waals surface area contributed by atoms with Crippen molar-refractivity contribution >= 4 is 11.3 Å². The van der Waals surface area contributed by atoms with Crippen LogP contribution in [0.25, 0.3) is 0 Å². The van der Waals surface area contributed by atoms with Crippen molar-refractivity contribution in [1.29, 1.82) is 0 Å². The van der Waals surface area contributed by atoms with Gasteiger partial charge in [-0.15, -0.1) is 11.3 Å². The number of hydrogen-bond acceptors (Lipinski definition) is 3. The van der Waals surface area contributed by atoms with Crippen molar-refractivity contribution in [2.24, 2.45) is 0 Å². The standard InChI is InChI=1S/C15H19NOS/c1-11(13-6-4-7-14(10-13)17-3)16-12(2)15-8-5-9-18-15/h4-12,16H,1-3H3. The quantitative estimate of drug-likeness (QED) is 0.872. The van der Waals surface area contributed by atoms with Gasteiger partial charge in [-0.1, -0.05) is 18.2 Å². The van der Waals surface area contributed by atoms with Gasteiger partial charge in [0.25, 0.3) is 0 Å². The summed E-state index contributed by atoms with van der Waals surface area (Å²) in [7, 11) is 1.70. The van der Waals surface area contributed by atoms with Crippen molar-refractivity contribution in [2.75, 3.05) is 7.11 Å². The summed E-state index contributed by atoms with van der Waals surface area (Å²) in [6, 6.07) is 13.1. The normalized spacial score (nSPS) is 14.2. The third-order valence-electron chi connectivity index (χ3n) is 3.06. The smallest absolute Gasteiger partial charge is 0.119 e. The first-order chi connectivity index (χ1) is 8.70. The van der Waals surface area contributed by atoms with Gasteiger partial charge in [0, 0.05) is 17.0 Å². The second kappa shape index (κ2) is 6.03. The molecule has 0 radical (unpaired) electrons. The second-order valence-corrected chi connectivity index (χ2v) is 5.38. The fourth-order valence-electron chi connectivity index (χ4n) is 2.00. The maximum absolute atomic E-state index is 5.26. The number of nitrogens with one attached hydrogen (secondary N) is 1. The van der Waals surface area contributed by atoms with Crippen LogP contribution in [0.2, 0.25) is 0 Å². The van der Waals surface area contributed by atoms with E-state index in [1.54, 1.807) is 18.4 Å². The molecule has 18 heavy (non-hydrogen) atoms. The van der Waals surface area contributed by atoms with Crippen LogP contribution < -0.4 is 10.1 Å². The molecular weight excluding hydrogens is 242 g/mol. The molecule has 0 saturated carbocycles. The van der Waals surface area contributed by atoms with E-state index in [2.05, 4.69) is 48.8 Å². The zero-order valence-electron chi connectivity index (χ0n) is 11.0. The third kappa shape index (κ3) is 3.12.